The van der Waals surface area contributed by atoms with Gasteiger partial charge in [0.2, 0.25) is 0 Å². The second-order valence-corrected chi connectivity index (χ2v) is 6.14. The van der Waals surface area contributed by atoms with Gasteiger partial charge in [0.25, 0.3) is 0 Å². The van der Waals surface area contributed by atoms with Gasteiger partial charge in [-0.2, -0.15) is 0 Å². The van der Waals surface area contributed by atoms with Crippen molar-refractivity contribution in [2.75, 3.05) is 0 Å². The molecule has 0 bridgehead atoms. The molecule has 0 aromatic heterocycles. The molecule has 96 valence electrons. The van der Waals surface area contributed by atoms with Gasteiger partial charge >= 0.3 is 7.12 Å². The highest BCUT2D eigenvalue weighted by Crippen LogP contribution is 2.38. The van der Waals surface area contributed by atoms with E-state index in [2.05, 4.69) is 27.7 Å². The summed E-state index contributed by atoms with van der Waals surface area (Å²) in [5.74, 6) is 5.93. The van der Waals surface area contributed by atoms with Gasteiger partial charge in [-0.3, -0.25) is 0 Å². The van der Waals surface area contributed by atoms with E-state index in [1.807, 2.05) is 13.1 Å². The van der Waals surface area contributed by atoms with Crippen LogP contribution in [-0.2, 0) is 9.31 Å². The topological polar surface area (TPSA) is 47.7 Å². The molecular weight excluding hydrogens is 215 g/mol. The van der Waals surface area contributed by atoms with E-state index in [0.717, 1.165) is 5.47 Å². The Morgan fingerprint density at radius 3 is 2.12 bits per heavy atom. The van der Waals surface area contributed by atoms with Crippen LogP contribution in [0.5, 0.6) is 0 Å². The Bertz CT molecular complexity index is 321. The highest BCUT2D eigenvalue weighted by molar-refractivity contribution is 6.54. The van der Waals surface area contributed by atoms with Gasteiger partial charge in [0.1, 0.15) is 0 Å². The molecule has 5 heteroatoms. The van der Waals surface area contributed by atoms with Crippen LogP contribution in [0.3, 0.4) is 0 Å². The monoisotopic (exact) mass is 238 g/mol. The Labute approximate surface area is 104 Å². The first-order chi connectivity index (χ1) is 7.73. The van der Waals surface area contributed by atoms with E-state index < -0.39 is 0 Å². The van der Waals surface area contributed by atoms with Crippen LogP contribution in [0.15, 0.2) is 11.7 Å². The third-order valence-corrected chi connectivity index (χ3v) is 3.95. The zero-order valence-corrected chi connectivity index (χ0v) is 11.5. The second kappa shape index (κ2) is 4.00. The predicted molar refractivity (Wildman–Crippen MR) is 68.9 cm³/mol. The fourth-order valence-electron chi connectivity index (χ4n) is 1.80. The molecule has 0 radical (unpaired) electrons. The summed E-state index contributed by atoms with van der Waals surface area (Å²) in [6.45, 7) is 10.2. The van der Waals surface area contributed by atoms with Crippen LogP contribution in [0.2, 0.25) is 0 Å². The molecule has 0 spiro atoms. The SMILES string of the molecule is C/C(=C\N(N)C1CC1)B1OC(C)(C)C(C)(C)O1. The Morgan fingerprint density at radius 1 is 1.24 bits per heavy atom. The third kappa shape index (κ3) is 2.51. The zero-order chi connectivity index (χ0) is 12.8. The van der Waals surface area contributed by atoms with E-state index in [9.17, 15) is 0 Å². The lowest BCUT2D eigenvalue weighted by molar-refractivity contribution is 0.00578. The number of nitrogens with zero attached hydrogens (tertiary/aromatic N) is 1. The molecule has 1 saturated heterocycles. The summed E-state index contributed by atoms with van der Waals surface area (Å²) < 4.78 is 11.9. The highest BCUT2D eigenvalue weighted by Gasteiger charge is 2.51. The molecule has 2 aliphatic rings. The second-order valence-electron chi connectivity index (χ2n) is 6.14. The number of allylic oxidation sites excluding steroid dienone is 1. The molecule has 0 amide bonds. The zero-order valence-electron chi connectivity index (χ0n) is 11.5. The summed E-state index contributed by atoms with van der Waals surface area (Å²) in [6.07, 6.45) is 4.31. The normalized spacial score (nSPS) is 27.4. The van der Waals surface area contributed by atoms with E-state index in [1.54, 1.807) is 5.01 Å². The van der Waals surface area contributed by atoms with Gasteiger partial charge in [0.15, 0.2) is 0 Å². The van der Waals surface area contributed by atoms with E-state index >= 15 is 0 Å². The van der Waals surface area contributed by atoms with Gasteiger partial charge in [-0.25, -0.2) is 5.84 Å². The maximum atomic E-state index is 5.95. The lowest BCUT2D eigenvalue weighted by Crippen LogP contribution is -2.41. The van der Waals surface area contributed by atoms with E-state index in [-0.39, 0.29) is 18.3 Å². The summed E-state index contributed by atoms with van der Waals surface area (Å²) in [7, 11) is -0.287. The number of hydrogen-bond donors (Lipinski definition) is 1. The predicted octanol–water partition coefficient (Wildman–Crippen LogP) is 1.86. The van der Waals surface area contributed by atoms with Crippen LogP contribution in [0.25, 0.3) is 0 Å². The fraction of sp³-hybridized carbons (Fsp3) is 0.833. The van der Waals surface area contributed by atoms with E-state index in [4.69, 9.17) is 15.2 Å². The average molecular weight is 238 g/mol. The van der Waals surface area contributed by atoms with Gasteiger partial charge in [0.05, 0.1) is 11.2 Å². The molecular formula is C12H23BN2O2. The molecule has 4 nitrogen and oxygen atoms in total. The molecule has 1 heterocycles. The van der Waals surface area contributed by atoms with Gasteiger partial charge in [-0.15, -0.1) is 0 Å². The van der Waals surface area contributed by atoms with Crippen molar-refractivity contribution >= 4 is 7.12 Å². The first-order valence-electron chi connectivity index (χ1n) is 6.30. The van der Waals surface area contributed by atoms with E-state index in [0.29, 0.717) is 6.04 Å². The van der Waals surface area contributed by atoms with Crippen molar-refractivity contribution in [1.82, 2.24) is 5.01 Å². The molecule has 0 atom stereocenters. The van der Waals surface area contributed by atoms with Crippen molar-refractivity contribution < 1.29 is 9.31 Å². The van der Waals surface area contributed by atoms with Crippen LogP contribution in [0, 0.1) is 0 Å². The summed E-state index contributed by atoms with van der Waals surface area (Å²) >= 11 is 0. The molecule has 2 N–H and O–H groups in total. The minimum Gasteiger partial charge on any atom is -0.400 e. The molecule has 1 saturated carbocycles. The molecule has 0 aromatic carbocycles. The van der Waals surface area contributed by atoms with Crippen molar-refractivity contribution in [3.8, 4) is 0 Å². The minimum atomic E-state index is -0.287. The quantitative estimate of drug-likeness (QED) is 0.463. The van der Waals surface area contributed by atoms with Gasteiger partial charge < -0.3 is 14.3 Å². The van der Waals surface area contributed by atoms with Crippen molar-refractivity contribution in [1.29, 1.82) is 0 Å². The third-order valence-electron chi connectivity index (χ3n) is 3.95. The minimum absolute atomic E-state index is 0.286. The van der Waals surface area contributed by atoms with Gasteiger partial charge in [0, 0.05) is 12.2 Å². The first kappa shape index (κ1) is 12.9. The van der Waals surface area contributed by atoms with Crippen molar-refractivity contribution in [3.05, 3.63) is 11.7 Å². The van der Waals surface area contributed by atoms with E-state index in [1.165, 1.54) is 12.8 Å². The summed E-state index contributed by atoms with van der Waals surface area (Å²) in [4.78, 5) is 0. The maximum absolute atomic E-state index is 5.95. The standard InChI is InChI=1S/C12H23BN2O2/c1-9(8-15(14)10-6-7-10)13-16-11(2,3)12(4,5)17-13/h8,10H,6-7,14H2,1-5H3/b9-8+. The Hall–Kier alpha value is -0.515. The molecule has 2 rings (SSSR count). The van der Waals surface area contributed by atoms with Crippen LogP contribution < -0.4 is 5.84 Å². The Balaban J connectivity index is 2.04. The summed E-state index contributed by atoms with van der Waals surface area (Å²) in [5, 5.41) is 1.78. The smallest absolute Gasteiger partial charge is 0.400 e. The molecule has 0 aromatic rings. The van der Waals surface area contributed by atoms with Crippen LogP contribution in [-0.4, -0.2) is 29.4 Å². The lowest BCUT2D eigenvalue weighted by atomic mass is 9.80. The largest absolute Gasteiger partial charge is 0.491 e. The van der Waals surface area contributed by atoms with Crippen molar-refractivity contribution in [3.63, 3.8) is 0 Å². The lowest BCUT2D eigenvalue weighted by Gasteiger charge is -2.32. The van der Waals surface area contributed by atoms with Crippen LogP contribution in [0.4, 0.5) is 0 Å². The average Bonchev–Trinajstić information content (AvgIpc) is 2.95. The van der Waals surface area contributed by atoms with Crippen LogP contribution in [0.1, 0.15) is 47.5 Å². The maximum Gasteiger partial charge on any atom is 0.491 e. The molecule has 1 aliphatic carbocycles. The number of hydrazine groups is 1. The molecule has 2 fully saturated rings. The first-order valence-corrected chi connectivity index (χ1v) is 6.30. The number of nitrogens with two attached hydrogens (primary N) is 1. The molecule has 17 heavy (non-hydrogen) atoms. The van der Waals surface area contributed by atoms with Crippen molar-refractivity contribution in [2.24, 2.45) is 5.84 Å². The van der Waals surface area contributed by atoms with Crippen LogP contribution >= 0.6 is 0 Å². The fourth-order valence-corrected chi connectivity index (χ4v) is 1.80. The highest BCUT2D eigenvalue weighted by atomic mass is 16.7. The summed E-state index contributed by atoms with van der Waals surface area (Å²) in [5.41, 5.74) is 0.454. The molecule has 0 unspecified atom stereocenters. The van der Waals surface area contributed by atoms with Crippen molar-refractivity contribution in [2.45, 2.75) is 64.7 Å². The Kier molecular flexibility index (Phi) is 3.05. The van der Waals surface area contributed by atoms with Gasteiger partial charge in [-0.05, 0) is 52.9 Å². The summed E-state index contributed by atoms with van der Waals surface area (Å²) in [6, 6.07) is 0.507. The number of hydrogen-bond acceptors (Lipinski definition) is 4. The molecule has 1 aliphatic heterocycles. The number of rotatable bonds is 3. The van der Waals surface area contributed by atoms with Gasteiger partial charge in [-0.1, -0.05) is 0 Å². The Morgan fingerprint density at radius 2 is 1.71 bits per heavy atom.